The monoisotopic (exact) mass is 386 g/mol. The predicted octanol–water partition coefficient (Wildman–Crippen LogP) is 2.53. The Bertz CT molecular complexity index is 817. The van der Waals surface area contributed by atoms with Crippen molar-refractivity contribution in [2.75, 3.05) is 38.0 Å². The van der Waals surface area contributed by atoms with Gasteiger partial charge in [0.2, 0.25) is 0 Å². The van der Waals surface area contributed by atoms with Gasteiger partial charge in [-0.1, -0.05) is 0 Å². The van der Waals surface area contributed by atoms with Crippen LogP contribution in [0.2, 0.25) is 0 Å². The molecule has 0 heterocycles. The number of carboxylic acid groups (broad SMARTS) is 2. The van der Waals surface area contributed by atoms with Crippen LogP contribution in [-0.2, 0) is 0 Å². The summed E-state index contributed by atoms with van der Waals surface area (Å²) in [5.41, 5.74) is 1.98. The van der Waals surface area contributed by atoms with Gasteiger partial charge in [0.05, 0.1) is 11.1 Å². The van der Waals surface area contributed by atoms with Crippen LogP contribution in [0.15, 0.2) is 36.4 Å². The number of anilines is 2. The summed E-state index contributed by atoms with van der Waals surface area (Å²) in [6, 6.07) is 9.38. The molecule has 8 nitrogen and oxygen atoms in total. The highest BCUT2D eigenvalue weighted by Crippen LogP contribution is 2.17. The summed E-state index contributed by atoms with van der Waals surface area (Å²) >= 11 is 0. The molecule has 28 heavy (non-hydrogen) atoms. The molecule has 2 N–H and O–H groups in total. The van der Waals surface area contributed by atoms with E-state index in [1.165, 1.54) is 24.3 Å². The lowest BCUT2D eigenvalue weighted by Crippen LogP contribution is -2.11. The maximum absolute atomic E-state index is 10.8. The summed E-state index contributed by atoms with van der Waals surface area (Å²) in [7, 11) is 7.23. The second kappa shape index (κ2) is 9.86. The number of benzene rings is 2. The molecule has 0 saturated heterocycles. The van der Waals surface area contributed by atoms with Crippen LogP contribution in [-0.4, -0.2) is 62.9 Å². The van der Waals surface area contributed by atoms with Crippen molar-refractivity contribution in [2.24, 2.45) is 0 Å². The summed E-state index contributed by atoms with van der Waals surface area (Å²) < 4.78 is 0. The van der Waals surface area contributed by atoms with E-state index in [2.05, 4.69) is 0 Å². The molecule has 0 saturated carbocycles. The maximum atomic E-state index is 10.8. The molecular formula is C20H22N2O6. The van der Waals surface area contributed by atoms with Crippen molar-refractivity contribution in [3.8, 4) is 0 Å². The Morgan fingerprint density at radius 2 is 1.04 bits per heavy atom. The number of hydrogen-bond donors (Lipinski definition) is 2. The minimum Gasteiger partial charge on any atom is -0.478 e. The third-order valence-electron chi connectivity index (χ3n) is 3.82. The average molecular weight is 386 g/mol. The number of nitrogens with zero attached hydrogens (tertiary/aromatic N) is 2. The first-order valence-electron chi connectivity index (χ1n) is 8.12. The van der Waals surface area contributed by atoms with Crippen LogP contribution in [0.25, 0.3) is 0 Å². The van der Waals surface area contributed by atoms with Gasteiger partial charge in [-0.15, -0.1) is 0 Å². The third-order valence-corrected chi connectivity index (χ3v) is 3.82. The Balaban J connectivity index is 0.000000280. The Morgan fingerprint density at radius 1 is 0.714 bits per heavy atom. The third kappa shape index (κ3) is 5.66. The first-order chi connectivity index (χ1) is 13.1. The Labute approximate surface area is 162 Å². The maximum Gasteiger partial charge on any atom is 0.336 e. The van der Waals surface area contributed by atoms with Gasteiger partial charge in [0, 0.05) is 50.7 Å². The quantitative estimate of drug-likeness (QED) is 0.728. The second-order valence-electron chi connectivity index (χ2n) is 6.18. The number of hydrogen-bond acceptors (Lipinski definition) is 6. The molecule has 2 rings (SSSR count). The summed E-state index contributed by atoms with van der Waals surface area (Å²) in [5.74, 6) is -2.17. The lowest BCUT2D eigenvalue weighted by Gasteiger charge is -2.13. The molecule has 2 aromatic carbocycles. The summed E-state index contributed by atoms with van der Waals surface area (Å²) in [6.07, 6.45) is 1.09. The zero-order chi connectivity index (χ0) is 21.4. The number of carboxylic acids is 2. The summed E-state index contributed by atoms with van der Waals surface area (Å²) in [6.45, 7) is 0. The smallest absolute Gasteiger partial charge is 0.336 e. The van der Waals surface area contributed by atoms with Crippen LogP contribution < -0.4 is 9.80 Å². The van der Waals surface area contributed by atoms with Gasteiger partial charge in [0.25, 0.3) is 0 Å². The van der Waals surface area contributed by atoms with Gasteiger partial charge < -0.3 is 20.0 Å². The second-order valence-corrected chi connectivity index (χ2v) is 6.18. The van der Waals surface area contributed by atoms with Gasteiger partial charge >= 0.3 is 11.9 Å². The van der Waals surface area contributed by atoms with E-state index >= 15 is 0 Å². The van der Waals surface area contributed by atoms with E-state index in [-0.39, 0.29) is 22.3 Å². The minimum absolute atomic E-state index is 0.0335. The predicted molar refractivity (Wildman–Crippen MR) is 106 cm³/mol. The van der Waals surface area contributed by atoms with Gasteiger partial charge in [-0.3, -0.25) is 9.59 Å². The van der Waals surface area contributed by atoms with Crippen LogP contribution in [0.5, 0.6) is 0 Å². The molecule has 148 valence electrons. The van der Waals surface area contributed by atoms with Crippen molar-refractivity contribution in [1.82, 2.24) is 0 Å². The Kier molecular flexibility index (Phi) is 7.88. The van der Waals surface area contributed by atoms with Crippen molar-refractivity contribution < 1.29 is 29.4 Å². The molecule has 0 radical (unpaired) electrons. The normalized spacial score (nSPS) is 9.57. The standard InChI is InChI=1S/2C10H11NO3/c2*1-11(2)8-4-3-7(6-12)9(5-8)10(13)14/h2*3-6H,1-2H3,(H,13,14). The highest BCUT2D eigenvalue weighted by atomic mass is 16.4. The van der Waals surface area contributed by atoms with Crippen molar-refractivity contribution in [3.63, 3.8) is 0 Å². The van der Waals surface area contributed by atoms with Crippen LogP contribution in [0.1, 0.15) is 41.4 Å². The van der Waals surface area contributed by atoms with Gasteiger partial charge in [-0.25, -0.2) is 9.59 Å². The van der Waals surface area contributed by atoms with Crippen LogP contribution >= 0.6 is 0 Å². The lowest BCUT2D eigenvalue weighted by molar-refractivity contribution is 0.0684. The zero-order valence-electron chi connectivity index (χ0n) is 16.0. The van der Waals surface area contributed by atoms with E-state index in [0.29, 0.717) is 12.6 Å². The van der Waals surface area contributed by atoms with E-state index in [4.69, 9.17) is 10.2 Å². The molecule has 0 amide bonds. The van der Waals surface area contributed by atoms with Crippen molar-refractivity contribution in [3.05, 3.63) is 58.7 Å². The number of aromatic carboxylic acids is 2. The van der Waals surface area contributed by atoms with E-state index in [1.807, 2.05) is 28.2 Å². The molecule has 0 spiro atoms. The number of rotatable bonds is 6. The van der Waals surface area contributed by atoms with Gasteiger partial charge in [-0.2, -0.15) is 0 Å². The molecule has 0 aliphatic heterocycles. The molecular weight excluding hydrogens is 364 g/mol. The molecule has 2 aromatic rings. The first kappa shape index (κ1) is 22.4. The van der Waals surface area contributed by atoms with Gasteiger partial charge in [-0.05, 0) is 36.4 Å². The van der Waals surface area contributed by atoms with Crippen LogP contribution in [0.3, 0.4) is 0 Å². The molecule has 8 heteroatoms. The largest absolute Gasteiger partial charge is 0.478 e. The van der Waals surface area contributed by atoms with E-state index in [9.17, 15) is 19.2 Å². The summed E-state index contributed by atoms with van der Waals surface area (Å²) in [5, 5.41) is 17.7. The topological polar surface area (TPSA) is 115 Å². The van der Waals surface area contributed by atoms with E-state index < -0.39 is 11.9 Å². The molecule has 0 atom stereocenters. The molecule has 0 aromatic heterocycles. The van der Waals surface area contributed by atoms with Crippen molar-refractivity contribution in [1.29, 1.82) is 0 Å². The number of aldehydes is 2. The molecule has 0 bridgehead atoms. The van der Waals surface area contributed by atoms with Gasteiger partial charge in [0.15, 0.2) is 12.6 Å². The highest BCUT2D eigenvalue weighted by Gasteiger charge is 2.11. The van der Waals surface area contributed by atoms with Crippen LogP contribution in [0, 0.1) is 0 Å². The highest BCUT2D eigenvalue weighted by molar-refractivity contribution is 5.98. The number of carbonyl (C=O) groups excluding carboxylic acids is 2. The molecule has 0 aliphatic rings. The number of carbonyl (C=O) groups is 4. The van der Waals surface area contributed by atoms with Crippen LogP contribution in [0.4, 0.5) is 11.4 Å². The molecule has 0 aliphatic carbocycles. The Morgan fingerprint density at radius 3 is 1.25 bits per heavy atom. The van der Waals surface area contributed by atoms with Crippen molar-refractivity contribution >= 4 is 35.9 Å². The molecule has 0 unspecified atom stereocenters. The lowest BCUT2D eigenvalue weighted by atomic mass is 10.1. The molecule has 0 fully saturated rings. The SMILES string of the molecule is CN(C)c1ccc(C=O)c(C(=O)O)c1.CN(C)c1ccc(C=O)c(C(=O)O)c1. The van der Waals surface area contributed by atoms with Gasteiger partial charge in [0.1, 0.15) is 0 Å². The van der Waals surface area contributed by atoms with Crippen molar-refractivity contribution in [2.45, 2.75) is 0 Å². The Hall–Kier alpha value is -3.68. The fraction of sp³-hybridized carbons (Fsp3) is 0.200. The fourth-order valence-corrected chi connectivity index (χ4v) is 2.22. The van der Waals surface area contributed by atoms with E-state index in [0.717, 1.165) is 11.4 Å². The average Bonchev–Trinajstić information content (AvgIpc) is 2.66. The fourth-order valence-electron chi connectivity index (χ4n) is 2.22. The summed E-state index contributed by atoms with van der Waals surface area (Å²) in [4.78, 5) is 46.2. The minimum atomic E-state index is -1.09. The van der Waals surface area contributed by atoms with E-state index in [1.54, 1.807) is 21.9 Å². The zero-order valence-corrected chi connectivity index (χ0v) is 16.0. The first-order valence-corrected chi connectivity index (χ1v) is 8.12.